The molecule has 0 amide bonds. The van der Waals surface area contributed by atoms with Crippen LogP contribution in [0.25, 0.3) is 33.4 Å². The van der Waals surface area contributed by atoms with Crippen LogP contribution < -0.4 is 0 Å². The molecule has 0 N–H and O–H groups in total. The van der Waals surface area contributed by atoms with Crippen LogP contribution in [0, 0.1) is 6.92 Å². The quantitative estimate of drug-likeness (QED) is 0.285. The minimum atomic E-state index is 1.26. The molecule has 0 saturated heterocycles. The van der Waals surface area contributed by atoms with E-state index in [1.54, 1.807) is 0 Å². The van der Waals surface area contributed by atoms with Gasteiger partial charge in [0, 0.05) is 0 Å². The van der Waals surface area contributed by atoms with Crippen molar-refractivity contribution in [2.75, 3.05) is 0 Å². The van der Waals surface area contributed by atoms with Gasteiger partial charge >= 0.3 is 0 Å². The van der Waals surface area contributed by atoms with Gasteiger partial charge in [0.1, 0.15) is 0 Å². The first-order valence-corrected chi connectivity index (χ1v) is 10.6. The molecule has 0 atom stereocenters. The molecule has 0 spiro atoms. The van der Waals surface area contributed by atoms with Crippen LogP contribution in [0.2, 0.25) is 0 Å². The Hall–Kier alpha value is -3.90. The van der Waals surface area contributed by atoms with Gasteiger partial charge in [0.2, 0.25) is 0 Å². The van der Waals surface area contributed by atoms with Crippen LogP contribution in [0.15, 0.2) is 140 Å². The summed E-state index contributed by atoms with van der Waals surface area (Å²) in [6.07, 6.45) is 0. The monoisotopic (exact) mass is 398 g/mol. The molecule has 0 heterocycles. The molecular formula is C31H26. The Bertz CT molecular complexity index is 1130. The minimum absolute atomic E-state index is 1.26. The van der Waals surface area contributed by atoms with Crippen LogP contribution in [0.3, 0.4) is 0 Å². The fourth-order valence-electron chi connectivity index (χ4n) is 3.63. The van der Waals surface area contributed by atoms with Crippen LogP contribution in [0.1, 0.15) is 5.56 Å². The summed E-state index contributed by atoms with van der Waals surface area (Å²) in [6.45, 7) is 2.14. The number of hydrogen-bond acceptors (Lipinski definition) is 0. The average Bonchev–Trinajstić information content (AvgIpc) is 2.86. The molecule has 0 nitrogen and oxygen atoms in total. The van der Waals surface area contributed by atoms with E-state index in [0.29, 0.717) is 0 Å². The van der Waals surface area contributed by atoms with E-state index in [0.717, 1.165) is 0 Å². The zero-order valence-electron chi connectivity index (χ0n) is 17.8. The predicted molar refractivity (Wildman–Crippen MR) is 134 cm³/mol. The van der Waals surface area contributed by atoms with E-state index in [2.05, 4.69) is 128 Å². The lowest BCUT2D eigenvalue weighted by Crippen LogP contribution is -1.80. The zero-order chi connectivity index (χ0) is 21.3. The van der Waals surface area contributed by atoms with Crippen molar-refractivity contribution in [1.82, 2.24) is 0 Å². The Morgan fingerprint density at radius 3 is 1.03 bits per heavy atom. The largest absolute Gasteiger partial charge is 0.0622 e. The van der Waals surface area contributed by atoms with Crippen molar-refractivity contribution in [2.24, 2.45) is 0 Å². The van der Waals surface area contributed by atoms with Crippen molar-refractivity contribution in [3.8, 4) is 33.4 Å². The van der Waals surface area contributed by atoms with Gasteiger partial charge in [0.05, 0.1) is 0 Å². The summed E-state index contributed by atoms with van der Waals surface area (Å²) in [6, 6.07) is 48.5. The van der Waals surface area contributed by atoms with Gasteiger partial charge < -0.3 is 0 Å². The Morgan fingerprint density at radius 2 is 0.613 bits per heavy atom. The van der Waals surface area contributed by atoms with Crippen molar-refractivity contribution in [3.05, 3.63) is 145 Å². The molecule has 0 bridgehead atoms. The Labute approximate surface area is 185 Å². The number of rotatable bonds is 3. The summed E-state index contributed by atoms with van der Waals surface area (Å²) < 4.78 is 0. The van der Waals surface area contributed by atoms with E-state index in [-0.39, 0.29) is 0 Å². The molecule has 0 aliphatic heterocycles. The molecule has 0 aliphatic carbocycles. The average molecular weight is 399 g/mol. The summed E-state index contributed by atoms with van der Waals surface area (Å²) in [5.74, 6) is 0. The standard InChI is InChI=1S/C18H14.C13H12/c1-3-7-15(8-4-1)17-11-13-18(14-12-17)16-9-5-2-6-10-16;1-11-7-5-6-10-13(11)12-8-3-2-4-9-12/h1-14H;2-10H,1H3. The first kappa shape index (κ1) is 20.4. The van der Waals surface area contributed by atoms with Gasteiger partial charge in [0.25, 0.3) is 0 Å². The highest BCUT2D eigenvalue weighted by atomic mass is 14.0. The predicted octanol–water partition coefficient (Wildman–Crippen LogP) is 8.68. The van der Waals surface area contributed by atoms with Gasteiger partial charge in [-0.15, -0.1) is 0 Å². The summed E-state index contributed by atoms with van der Waals surface area (Å²) in [5.41, 5.74) is 8.98. The molecule has 0 aromatic heterocycles. The molecular weight excluding hydrogens is 372 g/mol. The molecule has 0 saturated carbocycles. The van der Waals surface area contributed by atoms with Crippen molar-refractivity contribution >= 4 is 0 Å². The lowest BCUT2D eigenvalue weighted by molar-refractivity contribution is 1.46. The van der Waals surface area contributed by atoms with Crippen LogP contribution in [0.5, 0.6) is 0 Å². The normalized spacial score (nSPS) is 10.1. The van der Waals surface area contributed by atoms with E-state index in [1.807, 2.05) is 18.2 Å². The van der Waals surface area contributed by atoms with E-state index in [1.165, 1.54) is 38.9 Å². The molecule has 0 radical (unpaired) electrons. The Morgan fingerprint density at radius 1 is 0.290 bits per heavy atom. The maximum Gasteiger partial charge on any atom is -0.0155 e. The lowest BCUT2D eigenvalue weighted by atomic mass is 10.0. The summed E-state index contributed by atoms with van der Waals surface area (Å²) >= 11 is 0. The Balaban J connectivity index is 0.000000158. The first-order chi connectivity index (χ1) is 15.3. The summed E-state index contributed by atoms with van der Waals surface area (Å²) in [5, 5.41) is 0. The third-order valence-electron chi connectivity index (χ3n) is 5.33. The van der Waals surface area contributed by atoms with E-state index >= 15 is 0 Å². The molecule has 0 unspecified atom stereocenters. The fraction of sp³-hybridized carbons (Fsp3) is 0.0323. The van der Waals surface area contributed by atoms with Crippen LogP contribution in [-0.2, 0) is 0 Å². The number of benzene rings is 5. The smallest absolute Gasteiger partial charge is 0.0155 e. The van der Waals surface area contributed by atoms with E-state index < -0.39 is 0 Å². The van der Waals surface area contributed by atoms with E-state index in [9.17, 15) is 0 Å². The van der Waals surface area contributed by atoms with E-state index in [4.69, 9.17) is 0 Å². The van der Waals surface area contributed by atoms with Crippen LogP contribution in [-0.4, -0.2) is 0 Å². The molecule has 0 fully saturated rings. The third-order valence-corrected chi connectivity index (χ3v) is 5.33. The van der Waals surface area contributed by atoms with Gasteiger partial charge in [-0.2, -0.15) is 0 Å². The van der Waals surface area contributed by atoms with Crippen LogP contribution in [0.4, 0.5) is 0 Å². The molecule has 5 rings (SSSR count). The molecule has 150 valence electrons. The second-order valence-corrected chi connectivity index (χ2v) is 7.49. The Kier molecular flexibility index (Phi) is 6.72. The molecule has 0 aliphatic rings. The van der Waals surface area contributed by atoms with Crippen molar-refractivity contribution in [3.63, 3.8) is 0 Å². The second kappa shape index (κ2) is 10.2. The number of aryl methyl sites for hydroxylation is 1. The highest BCUT2D eigenvalue weighted by molar-refractivity contribution is 5.70. The molecule has 31 heavy (non-hydrogen) atoms. The summed E-state index contributed by atoms with van der Waals surface area (Å²) in [7, 11) is 0. The molecule has 5 aromatic rings. The molecule has 5 aromatic carbocycles. The fourth-order valence-corrected chi connectivity index (χ4v) is 3.63. The number of hydrogen-bond donors (Lipinski definition) is 0. The SMILES string of the molecule is Cc1ccccc1-c1ccccc1.c1ccc(-c2ccc(-c3ccccc3)cc2)cc1. The van der Waals surface area contributed by atoms with Crippen LogP contribution >= 0.6 is 0 Å². The minimum Gasteiger partial charge on any atom is -0.0622 e. The van der Waals surface area contributed by atoms with Gasteiger partial charge in [-0.25, -0.2) is 0 Å². The van der Waals surface area contributed by atoms with Gasteiger partial charge in [-0.05, 0) is 45.9 Å². The van der Waals surface area contributed by atoms with Crippen molar-refractivity contribution in [2.45, 2.75) is 6.92 Å². The second-order valence-electron chi connectivity index (χ2n) is 7.49. The van der Waals surface area contributed by atoms with Gasteiger partial charge in [0.15, 0.2) is 0 Å². The third kappa shape index (κ3) is 5.38. The maximum absolute atomic E-state index is 2.18. The first-order valence-electron chi connectivity index (χ1n) is 10.6. The highest BCUT2D eigenvalue weighted by Crippen LogP contribution is 2.24. The van der Waals surface area contributed by atoms with Gasteiger partial charge in [-0.3, -0.25) is 0 Å². The molecule has 0 heteroatoms. The van der Waals surface area contributed by atoms with Crippen molar-refractivity contribution < 1.29 is 0 Å². The lowest BCUT2D eigenvalue weighted by Gasteiger charge is -2.04. The van der Waals surface area contributed by atoms with Gasteiger partial charge in [-0.1, -0.05) is 140 Å². The summed E-state index contributed by atoms with van der Waals surface area (Å²) in [4.78, 5) is 0. The van der Waals surface area contributed by atoms with Crippen molar-refractivity contribution in [1.29, 1.82) is 0 Å². The zero-order valence-corrected chi connectivity index (χ0v) is 17.8. The highest BCUT2D eigenvalue weighted by Gasteiger charge is 1.99. The topological polar surface area (TPSA) is 0 Å². The maximum atomic E-state index is 2.18.